The van der Waals surface area contributed by atoms with Crippen LogP contribution in [0.5, 0.6) is 5.75 Å². The van der Waals surface area contributed by atoms with Gasteiger partial charge in [-0.3, -0.25) is 9.55 Å². The van der Waals surface area contributed by atoms with Gasteiger partial charge in [0.1, 0.15) is 11.6 Å². The standard InChI is InChI=1S/C55H50N3O.Pt/c1-34(2)41-29-40-17-12-26-56-51(40)46(30-41)38-15-11-16-39(28-38)47-31-42(37-19-18-35-13-9-10-14-36(35)27-37)32-49-52(47)57-53(48-33-44(55(6,7)8)22-25-50(48)59)58(49)45-23-20-43(21-24-45)54(3,4)5;/h9-27,29-34,59H,1-8H3;/q-1;. The van der Waals surface area contributed by atoms with Crippen molar-refractivity contribution in [2.24, 2.45) is 0 Å². The van der Waals surface area contributed by atoms with E-state index in [0.29, 0.717) is 17.3 Å². The first-order valence-corrected chi connectivity index (χ1v) is 20.7. The maximum Gasteiger partial charge on any atom is 0.148 e. The van der Waals surface area contributed by atoms with Crippen molar-refractivity contribution in [2.75, 3.05) is 0 Å². The van der Waals surface area contributed by atoms with Crippen molar-refractivity contribution in [3.63, 3.8) is 0 Å². The fraction of sp³-hybridized carbons (Fsp3) is 0.200. The average Bonchev–Trinajstić information content (AvgIpc) is 3.61. The van der Waals surface area contributed by atoms with Crippen LogP contribution in [0, 0.1) is 6.07 Å². The van der Waals surface area contributed by atoms with E-state index in [0.717, 1.165) is 66.6 Å². The van der Waals surface area contributed by atoms with Gasteiger partial charge in [0.05, 0.1) is 16.6 Å². The van der Waals surface area contributed by atoms with Crippen LogP contribution in [0.1, 0.15) is 78.0 Å². The molecule has 0 aliphatic heterocycles. The Labute approximate surface area is 368 Å². The van der Waals surface area contributed by atoms with Gasteiger partial charge in [-0.25, -0.2) is 4.98 Å². The van der Waals surface area contributed by atoms with Crippen LogP contribution in [0.3, 0.4) is 0 Å². The van der Waals surface area contributed by atoms with Gasteiger partial charge in [-0.1, -0.05) is 151 Å². The van der Waals surface area contributed by atoms with Crippen LogP contribution in [-0.4, -0.2) is 19.6 Å². The third kappa shape index (κ3) is 7.59. The summed E-state index contributed by atoms with van der Waals surface area (Å²) in [4.78, 5) is 10.4. The molecule has 0 aliphatic carbocycles. The Kier molecular flexibility index (Phi) is 10.7. The van der Waals surface area contributed by atoms with E-state index in [9.17, 15) is 5.11 Å². The number of imidazole rings is 1. The second-order valence-corrected chi connectivity index (χ2v) is 18.3. The van der Waals surface area contributed by atoms with E-state index < -0.39 is 0 Å². The third-order valence-electron chi connectivity index (χ3n) is 11.7. The van der Waals surface area contributed by atoms with Crippen molar-refractivity contribution in [3.05, 3.63) is 168 Å². The maximum absolute atomic E-state index is 11.7. The molecule has 0 radical (unpaired) electrons. The van der Waals surface area contributed by atoms with Crippen LogP contribution in [0.25, 0.3) is 83.2 Å². The monoisotopic (exact) mass is 963 g/mol. The van der Waals surface area contributed by atoms with Crippen molar-refractivity contribution in [1.29, 1.82) is 0 Å². The Morgan fingerprint density at radius 1 is 0.567 bits per heavy atom. The fourth-order valence-corrected chi connectivity index (χ4v) is 8.19. The number of aromatic hydroxyl groups is 1. The number of hydrogen-bond acceptors (Lipinski definition) is 3. The number of rotatable bonds is 6. The van der Waals surface area contributed by atoms with Gasteiger partial charge >= 0.3 is 0 Å². The van der Waals surface area contributed by atoms with Crippen molar-refractivity contribution >= 4 is 32.7 Å². The third-order valence-corrected chi connectivity index (χ3v) is 11.7. The topological polar surface area (TPSA) is 50.9 Å². The normalized spacial score (nSPS) is 12.1. The molecule has 9 rings (SSSR count). The number of pyridine rings is 1. The van der Waals surface area contributed by atoms with Crippen LogP contribution in [-0.2, 0) is 31.9 Å². The van der Waals surface area contributed by atoms with Gasteiger partial charge in [0.25, 0.3) is 0 Å². The molecule has 0 saturated heterocycles. The predicted molar refractivity (Wildman–Crippen MR) is 248 cm³/mol. The smallest absolute Gasteiger partial charge is 0.148 e. The summed E-state index contributed by atoms with van der Waals surface area (Å²) >= 11 is 0. The molecule has 0 amide bonds. The molecule has 4 nitrogen and oxygen atoms in total. The summed E-state index contributed by atoms with van der Waals surface area (Å²) in [5, 5.41) is 15.2. The molecule has 5 heteroatoms. The minimum Gasteiger partial charge on any atom is -0.507 e. The Hall–Kier alpha value is -5.83. The summed E-state index contributed by atoms with van der Waals surface area (Å²) in [7, 11) is 0. The second kappa shape index (κ2) is 15.6. The van der Waals surface area contributed by atoms with Gasteiger partial charge in [-0.2, -0.15) is 0 Å². The molecule has 2 heterocycles. The fourth-order valence-electron chi connectivity index (χ4n) is 8.19. The van der Waals surface area contributed by atoms with E-state index in [-0.39, 0.29) is 37.6 Å². The SMILES string of the molecule is CC(C)c1cc(-c2[c-]c(-c3cc(-c4ccc5ccccc5c4)cc4c3nc(-c3cc(C(C)(C)C)ccc3O)n4-c3ccc(C(C)(C)C)cc3)ccc2)c2ncccc2c1.[Pt]. The number of phenolic OH excluding ortho intramolecular Hbond substituents is 1. The molecule has 1 N–H and O–H groups in total. The van der Waals surface area contributed by atoms with E-state index in [4.69, 9.17) is 9.97 Å². The average molecular weight is 964 g/mol. The molecule has 302 valence electrons. The molecule has 0 spiro atoms. The Bertz CT molecular complexity index is 3050. The van der Waals surface area contributed by atoms with Crippen molar-refractivity contribution in [2.45, 2.75) is 72.1 Å². The Balaban J connectivity index is 0.00000499. The van der Waals surface area contributed by atoms with Crippen molar-refractivity contribution in [3.8, 4) is 56.2 Å². The second-order valence-electron chi connectivity index (χ2n) is 18.3. The number of aromatic nitrogens is 3. The minimum atomic E-state index is -0.136. The molecule has 60 heavy (non-hydrogen) atoms. The molecule has 0 aliphatic rings. The Morgan fingerprint density at radius 2 is 1.23 bits per heavy atom. The van der Waals surface area contributed by atoms with Gasteiger partial charge in [-0.05, 0) is 97.6 Å². The van der Waals surface area contributed by atoms with E-state index in [1.807, 2.05) is 24.4 Å². The number of nitrogens with zero attached hydrogens (tertiary/aromatic N) is 3. The van der Waals surface area contributed by atoms with Gasteiger partial charge in [0.15, 0.2) is 0 Å². The van der Waals surface area contributed by atoms with E-state index in [1.54, 1.807) is 0 Å². The first kappa shape index (κ1) is 40.9. The number of fused-ring (bicyclic) bond motifs is 3. The number of benzene rings is 7. The van der Waals surface area contributed by atoms with Gasteiger partial charge in [0.2, 0.25) is 0 Å². The maximum atomic E-state index is 11.7. The number of hydrogen-bond donors (Lipinski definition) is 1. The van der Waals surface area contributed by atoms with Crippen LogP contribution in [0.4, 0.5) is 0 Å². The molecular formula is C55H50N3OPt-. The van der Waals surface area contributed by atoms with Crippen LogP contribution in [0.15, 0.2) is 146 Å². The predicted octanol–water partition coefficient (Wildman–Crippen LogP) is 14.6. The molecule has 0 atom stereocenters. The summed E-state index contributed by atoms with van der Waals surface area (Å²) in [6.07, 6.45) is 1.87. The molecular weight excluding hydrogens is 914 g/mol. The Morgan fingerprint density at radius 3 is 1.93 bits per heavy atom. The summed E-state index contributed by atoms with van der Waals surface area (Å²) in [5.41, 5.74) is 14.0. The van der Waals surface area contributed by atoms with E-state index >= 15 is 0 Å². The van der Waals surface area contributed by atoms with Gasteiger partial charge in [-0.15, -0.1) is 35.4 Å². The summed E-state index contributed by atoms with van der Waals surface area (Å²) < 4.78 is 2.23. The largest absolute Gasteiger partial charge is 0.507 e. The molecule has 0 saturated carbocycles. The van der Waals surface area contributed by atoms with Crippen LogP contribution in [0.2, 0.25) is 0 Å². The van der Waals surface area contributed by atoms with Crippen molar-refractivity contribution in [1.82, 2.24) is 14.5 Å². The zero-order valence-corrected chi connectivity index (χ0v) is 37.8. The number of phenols is 1. The molecule has 0 fully saturated rings. The first-order chi connectivity index (χ1) is 28.2. The van der Waals surface area contributed by atoms with Crippen LogP contribution < -0.4 is 0 Å². The zero-order chi connectivity index (χ0) is 41.2. The molecule has 7 aromatic carbocycles. The van der Waals surface area contributed by atoms with Crippen molar-refractivity contribution < 1.29 is 26.2 Å². The molecule has 9 aromatic rings. The quantitative estimate of drug-likeness (QED) is 0.169. The minimum absolute atomic E-state index is 0. The summed E-state index contributed by atoms with van der Waals surface area (Å²) in [5.74, 6) is 1.22. The van der Waals surface area contributed by atoms with E-state index in [1.165, 1.54) is 21.9 Å². The molecule has 0 bridgehead atoms. The van der Waals surface area contributed by atoms with Crippen LogP contribution >= 0.6 is 0 Å². The van der Waals surface area contributed by atoms with Gasteiger partial charge in [0, 0.05) is 38.5 Å². The zero-order valence-electron chi connectivity index (χ0n) is 35.5. The van der Waals surface area contributed by atoms with E-state index in [2.05, 4.69) is 187 Å². The first-order valence-electron chi connectivity index (χ1n) is 20.7. The molecule has 2 aromatic heterocycles. The summed E-state index contributed by atoms with van der Waals surface area (Å²) in [6.45, 7) is 17.8. The summed E-state index contributed by atoms with van der Waals surface area (Å²) in [6, 6.07) is 53.4. The molecule has 0 unspecified atom stereocenters. The van der Waals surface area contributed by atoms with Gasteiger partial charge < -0.3 is 5.11 Å².